The van der Waals surface area contributed by atoms with E-state index in [4.69, 9.17) is 9.47 Å². The summed E-state index contributed by atoms with van der Waals surface area (Å²) in [6.45, 7) is 18.2. The number of amides is 1. The Morgan fingerprint density at radius 3 is 2.51 bits per heavy atom. The number of rotatable bonds is 14. The topological polar surface area (TPSA) is 125 Å². The Hall–Kier alpha value is -2.68. The SMILES string of the molecule is C=C(C)CC[C@H](O)C(=O)N[C@@H](OC)[C@@H]1CC(=C)C(C)(C)C(CC[C@@H](C)CCc2c(C)ccc(O)c2C(=O)O)O1. The van der Waals surface area contributed by atoms with Crippen LogP contribution in [0, 0.1) is 18.3 Å². The molecule has 1 aromatic rings. The van der Waals surface area contributed by atoms with E-state index in [0.717, 1.165) is 36.0 Å². The Kier molecular flexibility index (Phi) is 11.8. The van der Waals surface area contributed by atoms with Gasteiger partial charge in [0.1, 0.15) is 23.5 Å². The lowest BCUT2D eigenvalue weighted by Gasteiger charge is -2.46. The van der Waals surface area contributed by atoms with E-state index in [1.807, 2.05) is 13.8 Å². The summed E-state index contributed by atoms with van der Waals surface area (Å²) in [4.78, 5) is 24.3. The van der Waals surface area contributed by atoms with Crippen LogP contribution in [0.5, 0.6) is 5.75 Å². The molecular formula is C31H47NO7. The molecule has 0 spiro atoms. The van der Waals surface area contributed by atoms with Crippen molar-refractivity contribution in [2.24, 2.45) is 11.3 Å². The van der Waals surface area contributed by atoms with Gasteiger partial charge in [0.05, 0.1) is 6.10 Å². The van der Waals surface area contributed by atoms with E-state index in [2.05, 4.69) is 39.2 Å². The van der Waals surface area contributed by atoms with Gasteiger partial charge in [-0.15, -0.1) is 6.58 Å². The third kappa shape index (κ3) is 8.65. The van der Waals surface area contributed by atoms with Crippen LogP contribution in [0.1, 0.15) is 87.7 Å². The van der Waals surface area contributed by atoms with Gasteiger partial charge in [-0.25, -0.2) is 4.79 Å². The number of phenols is 1. The van der Waals surface area contributed by atoms with Crippen molar-refractivity contribution in [2.75, 3.05) is 7.11 Å². The molecule has 1 aromatic carbocycles. The number of ether oxygens (including phenoxy) is 2. The molecule has 2 rings (SSSR count). The maximum Gasteiger partial charge on any atom is 0.339 e. The number of aromatic carboxylic acids is 1. The van der Waals surface area contributed by atoms with Crippen LogP contribution in [-0.4, -0.2) is 58.8 Å². The summed E-state index contributed by atoms with van der Waals surface area (Å²) in [7, 11) is 1.50. The minimum absolute atomic E-state index is 0.0181. The highest BCUT2D eigenvalue weighted by molar-refractivity contribution is 5.93. The van der Waals surface area contributed by atoms with Crippen LogP contribution in [0.25, 0.3) is 0 Å². The second-order valence-corrected chi connectivity index (χ2v) is 11.7. The number of hydrogen-bond donors (Lipinski definition) is 4. The van der Waals surface area contributed by atoms with Gasteiger partial charge >= 0.3 is 5.97 Å². The second-order valence-electron chi connectivity index (χ2n) is 11.7. The summed E-state index contributed by atoms with van der Waals surface area (Å²) < 4.78 is 12.1. The first kappa shape index (κ1) is 32.5. The maximum absolute atomic E-state index is 12.6. The lowest BCUT2D eigenvalue weighted by atomic mass is 9.72. The van der Waals surface area contributed by atoms with Crippen molar-refractivity contribution >= 4 is 11.9 Å². The normalized spacial score (nSPS) is 21.2. The molecule has 0 bridgehead atoms. The highest BCUT2D eigenvalue weighted by Gasteiger charge is 2.43. The molecule has 0 aromatic heterocycles. The quantitative estimate of drug-likeness (QED) is 0.185. The number of aryl methyl sites for hydroxylation is 1. The number of aliphatic hydroxyl groups is 1. The van der Waals surface area contributed by atoms with E-state index in [9.17, 15) is 24.9 Å². The Balaban J connectivity index is 2.03. The van der Waals surface area contributed by atoms with E-state index < -0.39 is 30.3 Å². The first-order valence-corrected chi connectivity index (χ1v) is 13.7. The Bertz CT molecular complexity index is 1050. The number of allylic oxidation sites excluding steroid dienone is 1. The lowest BCUT2D eigenvalue weighted by Crippen LogP contribution is -2.54. The summed E-state index contributed by atoms with van der Waals surface area (Å²) >= 11 is 0. The third-order valence-corrected chi connectivity index (χ3v) is 8.07. The van der Waals surface area contributed by atoms with Gasteiger partial charge in [-0.05, 0) is 81.9 Å². The smallest absolute Gasteiger partial charge is 0.339 e. The van der Waals surface area contributed by atoms with Gasteiger partial charge in [-0.3, -0.25) is 4.79 Å². The van der Waals surface area contributed by atoms with Crippen LogP contribution in [-0.2, 0) is 20.7 Å². The van der Waals surface area contributed by atoms with Gasteiger partial charge in [0, 0.05) is 12.5 Å². The standard InChI is InChI=1S/C31H47NO7/c1-18(2)9-14-24(34)28(35)32-29(38-8)25-17-21(5)31(6,7)26(39-25)16-11-19(3)10-13-22-20(4)12-15-23(33)27(22)30(36)37/h12,15,19,24-26,29,33-34H,1,5,9-11,13-14,16-17H2,2-4,6-8H3,(H,32,35)(H,36,37)/t19-,24-,25-,26?,29-/m0/s1. The number of methoxy groups -OCH3 is 1. The molecule has 1 saturated heterocycles. The van der Waals surface area contributed by atoms with Crippen LogP contribution in [0.15, 0.2) is 36.4 Å². The summed E-state index contributed by atoms with van der Waals surface area (Å²) in [5.74, 6) is -1.55. The van der Waals surface area contributed by atoms with Crippen molar-refractivity contribution in [3.05, 3.63) is 53.1 Å². The molecule has 0 aliphatic carbocycles. The highest BCUT2D eigenvalue weighted by atomic mass is 16.6. The fourth-order valence-corrected chi connectivity index (χ4v) is 5.10. The number of carboxylic acid groups (broad SMARTS) is 1. The highest BCUT2D eigenvalue weighted by Crippen LogP contribution is 2.43. The molecule has 5 atom stereocenters. The summed E-state index contributed by atoms with van der Waals surface area (Å²) in [5.41, 5.74) is 3.13. The van der Waals surface area contributed by atoms with Crippen molar-refractivity contribution in [3.63, 3.8) is 0 Å². The second kappa shape index (κ2) is 14.1. The first-order valence-electron chi connectivity index (χ1n) is 13.7. The van der Waals surface area contributed by atoms with E-state index in [1.54, 1.807) is 6.07 Å². The maximum atomic E-state index is 12.6. The van der Waals surface area contributed by atoms with E-state index in [0.29, 0.717) is 31.2 Å². The Morgan fingerprint density at radius 2 is 1.92 bits per heavy atom. The molecule has 39 heavy (non-hydrogen) atoms. The molecular weight excluding hydrogens is 498 g/mol. The van der Waals surface area contributed by atoms with Crippen LogP contribution < -0.4 is 5.32 Å². The molecule has 0 radical (unpaired) electrons. The minimum atomic E-state index is -1.16. The zero-order valence-corrected chi connectivity index (χ0v) is 24.4. The number of aromatic hydroxyl groups is 1. The van der Waals surface area contributed by atoms with E-state index >= 15 is 0 Å². The number of nitrogens with one attached hydrogen (secondary N) is 1. The largest absolute Gasteiger partial charge is 0.507 e. The zero-order chi connectivity index (χ0) is 29.5. The van der Waals surface area contributed by atoms with Gasteiger partial charge in [-0.2, -0.15) is 0 Å². The van der Waals surface area contributed by atoms with Gasteiger partial charge in [0.2, 0.25) is 0 Å². The average molecular weight is 546 g/mol. The summed E-state index contributed by atoms with van der Waals surface area (Å²) in [5, 5.41) is 32.7. The molecule has 1 heterocycles. The first-order chi connectivity index (χ1) is 18.2. The van der Waals surface area contributed by atoms with Crippen LogP contribution in [0.2, 0.25) is 0 Å². The molecule has 1 fully saturated rings. The fourth-order valence-electron chi connectivity index (χ4n) is 5.10. The molecule has 218 valence electrons. The van der Waals surface area contributed by atoms with Crippen molar-refractivity contribution < 1.29 is 34.4 Å². The minimum Gasteiger partial charge on any atom is -0.507 e. The van der Waals surface area contributed by atoms with Crippen molar-refractivity contribution in [3.8, 4) is 5.75 Å². The number of aliphatic hydroxyl groups excluding tert-OH is 1. The summed E-state index contributed by atoms with van der Waals surface area (Å²) in [6, 6.07) is 3.17. The van der Waals surface area contributed by atoms with Crippen LogP contribution in [0.4, 0.5) is 0 Å². The molecule has 4 N–H and O–H groups in total. The molecule has 1 unspecified atom stereocenters. The van der Waals surface area contributed by atoms with E-state index in [1.165, 1.54) is 13.2 Å². The monoisotopic (exact) mass is 545 g/mol. The predicted octanol–water partition coefficient (Wildman–Crippen LogP) is 5.29. The number of carbonyl (C=O) groups is 2. The van der Waals surface area contributed by atoms with Gasteiger partial charge in [0.25, 0.3) is 5.91 Å². The van der Waals surface area contributed by atoms with Gasteiger partial charge in [-0.1, -0.05) is 44.6 Å². The molecule has 1 amide bonds. The number of hydrogen-bond acceptors (Lipinski definition) is 6. The molecule has 8 nitrogen and oxygen atoms in total. The van der Waals surface area contributed by atoms with Crippen molar-refractivity contribution in [1.82, 2.24) is 5.32 Å². The molecule has 1 aliphatic rings. The molecule has 8 heteroatoms. The third-order valence-electron chi connectivity index (χ3n) is 8.07. The van der Waals surface area contributed by atoms with Crippen molar-refractivity contribution in [2.45, 2.75) is 104 Å². The number of carboxylic acids is 1. The fraction of sp³-hybridized carbons (Fsp3) is 0.613. The van der Waals surface area contributed by atoms with E-state index in [-0.39, 0.29) is 28.7 Å². The molecule has 0 saturated carbocycles. The summed E-state index contributed by atoms with van der Waals surface area (Å²) in [6.07, 6.45) is 1.79. The van der Waals surface area contributed by atoms with Crippen LogP contribution >= 0.6 is 0 Å². The Morgan fingerprint density at radius 1 is 1.26 bits per heavy atom. The van der Waals surface area contributed by atoms with Gasteiger partial charge < -0.3 is 30.1 Å². The van der Waals surface area contributed by atoms with Gasteiger partial charge in [0.15, 0.2) is 6.23 Å². The number of carbonyl (C=O) groups excluding carboxylic acids is 1. The van der Waals surface area contributed by atoms with Crippen LogP contribution in [0.3, 0.4) is 0 Å². The zero-order valence-electron chi connectivity index (χ0n) is 24.4. The van der Waals surface area contributed by atoms with Crippen molar-refractivity contribution in [1.29, 1.82) is 0 Å². The Labute approximate surface area is 233 Å². The predicted molar refractivity (Wildman–Crippen MR) is 152 cm³/mol. The lowest BCUT2D eigenvalue weighted by molar-refractivity contribution is -0.160. The number of benzene rings is 1. The average Bonchev–Trinajstić information content (AvgIpc) is 2.86. The molecule has 1 aliphatic heterocycles.